The highest BCUT2D eigenvalue weighted by atomic mass is 31.1. The fourth-order valence-electron chi connectivity index (χ4n) is 4.81. The normalized spacial score (nSPS) is 14.8. The molecule has 0 aromatic heterocycles. The summed E-state index contributed by atoms with van der Waals surface area (Å²) in [6.45, 7) is 4.37. The molecule has 190 valence electrons. The summed E-state index contributed by atoms with van der Waals surface area (Å²) in [5.41, 5.74) is 0. The van der Waals surface area contributed by atoms with Crippen LogP contribution in [-0.2, 0) is 4.57 Å². The monoisotopic (exact) mass is 470 g/mol. The molecule has 3 nitrogen and oxygen atoms in total. The highest BCUT2D eigenvalue weighted by molar-refractivity contribution is 7.38. The number of nitrogens with zero attached hydrogens (tertiary/aromatic N) is 1. The molecular weight excluding hydrogens is 413 g/mol. The Bertz CT molecular complexity index is 473. The van der Waals surface area contributed by atoms with Crippen LogP contribution in [0.3, 0.4) is 0 Å². The molecule has 0 rings (SSSR count). The van der Waals surface area contributed by atoms with Crippen molar-refractivity contribution >= 4 is 8.03 Å². The topological polar surface area (TPSA) is 40.1 Å². The highest BCUT2D eigenvalue weighted by Crippen LogP contribution is 2.45. The number of rotatable bonds is 23. The molecule has 0 aliphatic rings. The molecule has 0 radical (unpaired) electrons. The molecule has 2 atom stereocenters. The Morgan fingerprint density at radius 3 is 1.41 bits per heavy atom. The van der Waals surface area contributed by atoms with Gasteiger partial charge in [0.2, 0.25) is 0 Å². The summed E-state index contributed by atoms with van der Waals surface area (Å²) in [5.74, 6) is 0. The molecular formula is C28H57NO2P+. The number of unbranched alkanes of at least 4 members (excludes halogenated alkanes) is 15. The summed E-state index contributed by atoms with van der Waals surface area (Å²) in [6.07, 6.45) is 29.6. The Kier molecular flexibility index (Phi) is 20.0. The molecule has 0 heterocycles. The van der Waals surface area contributed by atoms with E-state index < -0.39 is 13.3 Å². The van der Waals surface area contributed by atoms with Gasteiger partial charge in [-0.15, -0.1) is 0 Å². The lowest BCUT2D eigenvalue weighted by Gasteiger charge is -2.39. The molecule has 4 heteroatoms. The van der Waals surface area contributed by atoms with Gasteiger partial charge in [0.15, 0.2) is 0 Å². The van der Waals surface area contributed by atoms with E-state index in [1.807, 2.05) is 21.1 Å². The first-order chi connectivity index (χ1) is 15.3. The van der Waals surface area contributed by atoms with E-state index in [9.17, 15) is 9.46 Å². The highest BCUT2D eigenvalue weighted by Gasteiger charge is 2.53. The maximum Gasteiger partial charge on any atom is 0.376 e. The summed E-state index contributed by atoms with van der Waals surface area (Å²) in [6, 6.07) is 0. The van der Waals surface area contributed by atoms with Crippen LogP contribution in [0.2, 0.25) is 0 Å². The maximum atomic E-state index is 12.1. The van der Waals surface area contributed by atoms with E-state index in [0.29, 0.717) is 4.48 Å². The van der Waals surface area contributed by atoms with Crippen LogP contribution in [0.5, 0.6) is 0 Å². The van der Waals surface area contributed by atoms with E-state index >= 15 is 0 Å². The third-order valence-electron chi connectivity index (χ3n) is 7.08. The number of hydrogen-bond acceptors (Lipinski definition) is 2. The van der Waals surface area contributed by atoms with Crippen molar-refractivity contribution in [2.24, 2.45) is 0 Å². The first-order valence-electron chi connectivity index (χ1n) is 13.9. The van der Waals surface area contributed by atoms with Crippen LogP contribution in [0.15, 0.2) is 12.2 Å². The van der Waals surface area contributed by atoms with Gasteiger partial charge in [0.25, 0.3) is 5.28 Å². The zero-order chi connectivity index (χ0) is 24.1. The Morgan fingerprint density at radius 1 is 0.625 bits per heavy atom. The molecule has 0 N–H and O–H groups in total. The molecule has 0 fully saturated rings. The van der Waals surface area contributed by atoms with Gasteiger partial charge >= 0.3 is 8.03 Å². The van der Waals surface area contributed by atoms with Gasteiger partial charge < -0.3 is 4.89 Å². The Hall–Kier alpha value is -0.240. The van der Waals surface area contributed by atoms with Gasteiger partial charge in [-0.05, 0) is 38.5 Å². The van der Waals surface area contributed by atoms with Gasteiger partial charge in [-0.3, -0.25) is 4.48 Å². The van der Waals surface area contributed by atoms with E-state index in [4.69, 9.17) is 0 Å². The minimum absolute atomic E-state index is 0.521. The summed E-state index contributed by atoms with van der Waals surface area (Å²) in [5, 5.41) is -0.591. The third-order valence-corrected chi connectivity index (χ3v) is 8.80. The molecule has 0 bridgehead atoms. The lowest BCUT2D eigenvalue weighted by molar-refractivity contribution is -0.910. The molecule has 0 spiro atoms. The lowest BCUT2D eigenvalue weighted by Crippen LogP contribution is -2.55. The minimum atomic E-state index is -2.42. The second kappa shape index (κ2) is 20.2. The average molecular weight is 471 g/mol. The standard InChI is InChI=1S/C28H57NO2P/c1-6-8-9-10-11-12-13-14-15-16-17-18-19-20-21-22-23-24-25-27-28(26-7-2,32(30)31)29(3,4)5/h15-16H,6-14,17-27H2,1-5H3/q+1. The van der Waals surface area contributed by atoms with Crippen molar-refractivity contribution in [3.05, 3.63) is 12.2 Å². The SMILES string of the molecule is CCCCCCCCCC=CCCCCCCCCCCC(CCC)([P+](=O)[O-])[N+](C)(C)C. The molecule has 0 aliphatic heterocycles. The van der Waals surface area contributed by atoms with Crippen LogP contribution >= 0.6 is 8.03 Å². The predicted molar refractivity (Wildman–Crippen MR) is 141 cm³/mol. The van der Waals surface area contributed by atoms with Crippen molar-refractivity contribution in [2.45, 2.75) is 148 Å². The van der Waals surface area contributed by atoms with Crippen molar-refractivity contribution in [3.8, 4) is 0 Å². The quantitative estimate of drug-likeness (QED) is 0.0647. The molecule has 0 aromatic carbocycles. The van der Waals surface area contributed by atoms with Gasteiger partial charge in [0, 0.05) is 12.8 Å². The van der Waals surface area contributed by atoms with Gasteiger partial charge in [0.05, 0.1) is 21.1 Å². The maximum absolute atomic E-state index is 12.1. The molecule has 0 saturated carbocycles. The van der Waals surface area contributed by atoms with Gasteiger partial charge in [0.1, 0.15) is 0 Å². The van der Waals surface area contributed by atoms with Crippen LogP contribution < -0.4 is 4.89 Å². The van der Waals surface area contributed by atoms with Crippen LogP contribution in [-0.4, -0.2) is 30.9 Å². The van der Waals surface area contributed by atoms with Gasteiger partial charge in [-0.2, -0.15) is 0 Å². The fraction of sp³-hybridized carbons (Fsp3) is 0.929. The summed E-state index contributed by atoms with van der Waals surface area (Å²) < 4.78 is 12.6. The zero-order valence-corrected chi connectivity index (χ0v) is 23.4. The first-order valence-corrected chi connectivity index (χ1v) is 15.1. The third kappa shape index (κ3) is 14.8. The molecule has 2 unspecified atom stereocenters. The fourth-order valence-corrected chi connectivity index (χ4v) is 6.05. The Morgan fingerprint density at radius 2 is 1.03 bits per heavy atom. The largest absolute Gasteiger partial charge is 0.590 e. The van der Waals surface area contributed by atoms with E-state index in [0.717, 1.165) is 32.1 Å². The summed E-state index contributed by atoms with van der Waals surface area (Å²) >= 11 is 0. The van der Waals surface area contributed by atoms with Gasteiger partial charge in [-0.1, -0.05) is 108 Å². The lowest BCUT2D eigenvalue weighted by atomic mass is 9.99. The zero-order valence-electron chi connectivity index (χ0n) is 22.5. The summed E-state index contributed by atoms with van der Waals surface area (Å²) in [4.78, 5) is 12.1. The number of allylic oxidation sites excluding steroid dienone is 2. The van der Waals surface area contributed by atoms with Crippen molar-refractivity contribution < 1.29 is 13.9 Å². The molecule has 0 amide bonds. The van der Waals surface area contributed by atoms with Crippen molar-refractivity contribution in [1.29, 1.82) is 0 Å². The van der Waals surface area contributed by atoms with Crippen LogP contribution in [0.1, 0.15) is 142 Å². The van der Waals surface area contributed by atoms with E-state index in [1.165, 1.54) is 96.3 Å². The van der Waals surface area contributed by atoms with Crippen LogP contribution in [0, 0.1) is 0 Å². The predicted octanol–water partition coefficient (Wildman–Crippen LogP) is 8.89. The minimum Gasteiger partial charge on any atom is -0.590 e. The van der Waals surface area contributed by atoms with Crippen molar-refractivity contribution in [1.82, 2.24) is 0 Å². The van der Waals surface area contributed by atoms with E-state index in [2.05, 4.69) is 26.0 Å². The van der Waals surface area contributed by atoms with E-state index in [-0.39, 0.29) is 0 Å². The average Bonchev–Trinajstić information content (AvgIpc) is 2.73. The Balaban J connectivity index is 3.63. The van der Waals surface area contributed by atoms with Gasteiger partial charge in [-0.25, -0.2) is 0 Å². The number of hydrogen-bond donors (Lipinski definition) is 0. The molecule has 0 aromatic rings. The van der Waals surface area contributed by atoms with Crippen LogP contribution in [0.4, 0.5) is 0 Å². The van der Waals surface area contributed by atoms with Crippen molar-refractivity contribution in [2.75, 3.05) is 21.1 Å². The smallest absolute Gasteiger partial charge is 0.376 e. The Labute approximate surface area is 202 Å². The van der Waals surface area contributed by atoms with Crippen molar-refractivity contribution in [3.63, 3.8) is 0 Å². The molecule has 0 aliphatic carbocycles. The van der Waals surface area contributed by atoms with E-state index in [1.54, 1.807) is 0 Å². The molecule has 32 heavy (non-hydrogen) atoms. The molecule has 0 saturated heterocycles. The second-order valence-corrected chi connectivity index (χ2v) is 12.1. The second-order valence-electron chi connectivity index (χ2n) is 10.8. The summed E-state index contributed by atoms with van der Waals surface area (Å²) in [7, 11) is 3.68. The number of quaternary nitrogens is 1. The first kappa shape index (κ1) is 31.8. The van der Waals surface area contributed by atoms with Crippen LogP contribution in [0.25, 0.3) is 0 Å².